The summed E-state index contributed by atoms with van der Waals surface area (Å²) in [4.78, 5) is 2.11. The van der Waals surface area contributed by atoms with Crippen LogP contribution in [0.1, 0.15) is 0 Å². The molecule has 0 spiro atoms. The first-order chi connectivity index (χ1) is 15.8. The molecule has 32 heavy (non-hydrogen) atoms. The van der Waals surface area contributed by atoms with Crippen LogP contribution in [0.5, 0.6) is 11.5 Å². The Hall–Kier alpha value is -4.02. The predicted molar refractivity (Wildman–Crippen MR) is 133 cm³/mol. The molecular weight excluding hydrogens is 414 g/mol. The van der Waals surface area contributed by atoms with Crippen LogP contribution in [-0.4, -0.2) is 0 Å². The quantitative estimate of drug-likeness (QED) is 0.271. The van der Waals surface area contributed by atoms with Crippen LogP contribution in [0.15, 0.2) is 119 Å². The maximum absolute atomic E-state index is 6.31. The number of hydrogen-bond acceptors (Lipinski definition) is 4. The van der Waals surface area contributed by atoms with Crippen LogP contribution in [0, 0.1) is 0 Å². The summed E-state index contributed by atoms with van der Waals surface area (Å²) in [5.74, 6) is 2.41. The number of rotatable bonds is 5. The summed E-state index contributed by atoms with van der Waals surface area (Å²) in [7, 11) is 0. The highest BCUT2D eigenvalue weighted by Gasteiger charge is 2.17. The molecule has 0 bridgehead atoms. The summed E-state index contributed by atoms with van der Waals surface area (Å²) in [5, 5.41) is 4.26. The van der Waals surface area contributed by atoms with Gasteiger partial charge >= 0.3 is 0 Å². The van der Waals surface area contributed by atoms with Gasteiger partial charge < -0.3 is 9.15 Å². The van der Waals surface area contributed by atoms with E-state index in [2.05, 4.69) is 52.7 Å². The number of thiophene rings is 1. The van der Waals surface area contributed by atoms with E-state index in [-0.39, 0.29) is 0 Å². The van der Waals surface area contributed by atoms with Crippen molar-refractivity contribution < 1.29 is 9.15 Å². The molecule has 0 saturated heterocycles. The Morgan fingerprint density at radius 1 is 0.688 bits per heavy atom. The Bertz CT molecular complexity index is 1480. The fourth-order valence-electron chi connectivity index (χ4n) is 3.90. The zero-order valence-electron chi connectivity index (χ0n) is 17.1. The van der Waals surface area contributed by atoms with Crippen molar-refractivity contribution in [2.45, 2.75) is 0 Å². The molecule has 0 amide bonds. The fraction of sp³-hybridized carbons (Fsp3) is 0. The molecule has 0 aliphatic heterocycles. The van der Waals surface area contributed by atoms with Crippen molar-refractivity contribution in [3.8, 4) is 11.5 Å². The van der Waals surface area contributed by atoms with Gasteiger partial charge in [0, 0.05) is 38.7 Å². The highest BCUT2D eigenvalue weighted by Crippen LogP contribution is 2.40. The summed E-state index contributed by atoms with van der Waals surface area (Å²) in [6.07, 6.45) is 0. The third-order valence-electron chi connectivity index (χ3n) is 5.40. The predicted octanol–water partition coefficient (Wildman–Crippen LogP) is 8.91. The number of benzene rings is 4. The first-order valence-electron chi connectivity index (χ1n) is 10.4. The molecule has 0 atom stereocenters. The van der Waals surface area contributed by atoms with E-state index in [4.69, 9.17) is 9.15 Å². The highest BCUT2D eigenvalue weighted by atomic mass is 32.1. The van der Waals surface area contributed by atoms with Gasteiger partial charge in [0.2, 0.25) is 5.88 Å². The van der Waals surface area contributed by atoms with E-state index in [1.54, 1.807) is 11.3 Å². The highest BCUT2D eigenvalue weighted by molar-refractivity contribution is 7.17. The molecule has 3 nitrogen and oxygen atoms in total. The minimum Gasteiger partial charge on any atom is -0.456 e. The Kier molecular flexibility index (Phi) is 4.63. The number of para-hydroxylation sites is 2. The van der Waals surface area contributed by atoms with Crippen molar-refractivity contribution in [2.75, 3.05) is 4.90 Å². The average molecular weight is 434 g/mol. The van der Waals surface area contributed by atoms with E-state index in [1.165, 1.54) is 4.70 Å². The van der Waals surface area contributed by atoms with Gasteiger partial charge in [-0.05, 0) is 42.5 Å². The van der Waals surface area contributed by atoms with Crippen LogP contribution in [0.25, 0.3) is 21.1 Å². The average Bonchev–Trinajstić information content (AvgIpc) is 3.45. The summed E-state index contributed by atoms with van der Waals surface area (Å²) in [6.45, 7) is 0. The molecule has 0 N–H and O–H groups in total. The van der Waals surface area contributed by atoms with E-state index in [0.717, 1.165) is 45.1 Å². The molecule has 4 aromatic carbocycles. The maximum atomic E-state index is 6.31. The number of anilines is 3. The molecule has 0 aliphatic rings. The van der Waals surface area contributed by atoms with E-state index >= 15 is 0 Å². The Balaban J connectivity index is 1.43. The van der Waals surface area contributed by atoms with E-state index in [1.807, 2.05) is 66.7 Å². The number of nitrogens with zero attached hydrogens (tertiary/aromatic N) is 1. The lowest BCUT2D eigenvalue weighted by Crippen LogP contribution is -2.08. The molecule has 0 radical (unpaired) electrons. The molecule has 0 saturated carbocycles. The number of hydrogen-bond donors (Lipinski definition) is 0. The van der Waals surface area contributed by atoms with Crippen LogP contribution in [0.2, 0.25) is 0 Å². The minimum absolute atomic E-state index is 0.760. The van der Waals surface area contributed by atoms with E-state index in [9.17, 15) is 0 Å². The second-order valence-electron chi connectivity index (χ2n) is 7.49. The zero-order chi connectivity index (χ0) is 21.3. The normalized spacial score (nSPS) is 11.1. The molecular formula is C28H19NO2S. The number of fused-ring (bicyclic) bond motifs is 2. The molecule has 2 heterocycles. The molecule has 0 unspecified atom stereocenters. The lowest BCUT2D eigenvalue weighted by Gasteiger charge is -2.22. The van der Waals surface area contributed by atoms with Gasteiger partial charge in [-0.3, -0.25) is 4.90 Å². The lowest BCUT2D eigenvalue weighted by atomic mass is 10.2. The van der Waals surface area contributed by atoms with Crippen molar-refractivity contribution in [3.63, 3.8) is 0 Å². The molecule has 0 aliphatic carbocycles. The first-order valence-corrected chi connectivity index (χ1v) is 11.3. The summed E-state index contributed by atoms with van der Waals surface area (Å²) >= 11 is 1.69. The van der Waals surface area contributed by atoms with Gasteiger partial charge in [-0.2, -0.15) is 0 Å². The molecule has 154 valence electrons. The number of furan rings is 1. The maximum Gasteiger partial charge on any atom is 0.205 e. The first kappa shape index (κ1) is 18.7. The van der Waals surface area contributed by atoms with Crippen molar-refractivity contribution in [2.24, 2.45) is 0 Å². The van der Waals surface area contributed by atoms with Gasteiger partial charge in [0.05, 0.1) is 5.69 Å². The second-order valence-corrected chi connectivity index (χ2v) is 8.40. The topological polar surface area (TPSA) is 25.6 Å². The standard InChI is InChI=1S/C28H19NO2S/c1-2-10-21(11-3-1)29(28-17-20-9-4-6-15-25(20)31-28)22-12-8-13-23(18-22)30-26-19-32-27-16-7-5-14-24(26)27/h1-19H. The fourth-order valence-corrected chi connectivity index (χ4v) is 4.77. The largest absolute Gasteiger partial charge is 0.456 e. The molecule has 6 rings (SSSR count). The third-order valence-corrected chi connectivity index (χ3v) is 6.34. The summed E-state index contributed by atoms with van der Waals surface area (Å²) in [5.41, 5.74) is 2.84. The molecule has 6 aromatic rings. The molecule has 4 heteroatoms. The van der Waals surface area contributed by atoms with E-state index < -0.39 is 0 Å². The van der Waals surface area contributed by atoms with E-state index in [0.29, 0.717) is 0 Å². The molecule has 0 fully saturated rings. The van der Waals surface area contributed by atoms with Crippen molar-refractivity contribution in [1.82, 2.24) is 0 Å². The van der Waals surface area contributed by atoms with Gasteiger partial charge in [-0.1, -0.05) is 54.6 Å². The lowest BCUT2D eigenvalue weighted by molar-refractivity contribution is 0.490. The second kappa shape index (κ2) is 7.91. The molecule has 2 aromatic heterocycles. The Morgan fingerprint density at radius 2 is 1.47 bits per heavy atom. The van der Waals surface area contributed by atoms with Crippen molar-refractivity contribution >= 4 is 49.7 Å². The van der Waals surface area contributed by atoms with Gasteiger partial charge in [0.15, 0.2) is 0 Å². The van der Waals surface area contributed by atoms with Crippen LogP contribution in [0.3, 0.4) is 0 Å². The van der Waals surface area contributed by atoms with Crippen LogP contribution in [0.4, 0.5) is 17.3 Å². The van der Waals surface area contributed by atoms with Gasteiger partial charge in [-0.25, -0.2) is 0 Å². The monoisotopic (exact) mass is 433 g/mol. The SMILES string of the molecule is c1ccc(N(c2cccc(Oc3csc4ccccc34)c2)c2cc3ccccc3o2)cc1. The third kappa shape index (κ3) is 3.41. The van der Waals surface area contributed by atoms with Gasteiger partial charge in [0.25, 0.3) is 0 Å². The van der Waals surface area contributed by atoms with Crippen molar-refractivity contribution in [1.29, 1.82) is 0 Å². The van der Waals surface area contributed by atoms with Gasteiger partial charge in [0.1, 0.15) is 17.1 Å². The summed E-state index contributed by atoms with van der Waals surface area (Å²) < 4.78 is 13.8. The van der Waals surface area contributed by atoms with Gasteiger partial charge in [-0.15, -0.1) is 11.3 Å². The van der Waals surface area contributed by atoms with Crippen LogP contribution < -0.4 is 9.64 Å². The number of ether oxygens (including phenoxy) is 1. The van der Waals surface area contributed by atoms with Crippen molar-refractivity contribution in [3.05, 3.63) is 115 Å². The minimum atomic E-state index is 0.760. The van der Waals surface area contributed by atoms with Crippen LogP contribution >= 0.6 is 11.3 Å². The Labute approximate surface area is 189 Å². The van der Waals surface area contributed by atoms with Crippen LogP contribution in [-0.2, 0) is 0 Å². The zero-order valence-corrected chi connectivity index (χ0v) is 18.0. The summed E-state index contributed by atoms with van der Waals surface area (Å²) in [6, 6.07) is 36.8. The Morgan fingerprint density at radius 3 is 2.38 bits per heavy atom. The smallest absolute Gasteiger partial charge is 0.205 e.